The number of carbonyl (C=O) groups is 2. The summed E-state index contributed by atoms with van der Waals surface area (Å²) in [7, 11) is 1.73. The van der Waals surface area contributed by atoms with E-state index in [0.717, 1.165) is 18.9 Å². The maximum atomic E-state index is 13.4. The molecule has 1 aromatic heterocycles. The first kappa shape index (κ1) is 23.3. The molecule has 1 saturated heterocycles. The number of piperidine rings is 1. The maximum Gasteiger partial charge on any atom is 0.321 e. The van der Waals surface area contributed by atoms with Crippen LogP contribution in [0.1, 0.15) is 33.6 Å². The monoisotopic (exact) mass is 418 g/mol. The van der Waals surface area contributed by atoms with Gasteiger partial charge in [-0.3, -0.25) is 9.78 Å². The highest BCUT2D eigenvalue weighted by atomic mass is 19.1. The molecule has 30 heavy (non-hydrogen) atoms. The Morgan fingerprint density at radius 3 is 2.33 bits per heavy atom. The number of likely N-dealkylation sites (tertiary alicyclic amines) is 1. The minimum Gasteiger partial charge on any atom is -0.343 e. The summed E-state index contributed by atoms with van der Waals surface area (Å²) in [6, 6.07) is 6.23. The Morgan fingerprint density at radius 2 is 1.80 bits per heavy atom. The van der Waals surface area contributed by atoms with Gasteiger partial charge in [0.1, 0.15) is 11.6 Å². The molecule has 1 aromatic carbocycles. The van der Waals surface area contributed by atoms with E-state index in [-0.39, 0.29) is 25.4 Å². The number of pyridine rings is 1. The first-order valence-electron chi connectivity index (χ1n) is 9.61. The summed E-state index contributed by atoms with van der Waals surface area (Å²) in [5.74, 6) is -1.21. The summed E-state index contributed by atoms with van der Waals surface area (Å²) in [4.78, 5) is 32.0. The third-order valence-corrected chi connectivity index (χ3v) is 5.16. The third-order valence-electron chi connectivity index (χ3n) is 5.16. The van der Waals surface area contributed by atoms with Crippen LogP contribution in [0, 0.1) is 11.6 Å². The summed E-state index contributed by atoms with van der Waals surface area (Å²) in [5, 5.41) is 2.78. The Bertz CT molecular complexity index is 861. The quantitative estimate of drug-likeness (QED) is 0.794. The Balaban J connectivity index is 0.00000320. The van der Waals surface area contributed by atoms with Crippen LogP contribution >= 0.6 is 0 Å². The van der Waals surface area contributed by atoms with Gasteiger partial charge in [-0.25, -0.2) is 13.6 Å². The van der Waals surface area contributed by atoms with Crippen molar-refractivity contribution in [3.05, 3.63) is 48.2 Å². The van der Waals surface area contributed by atoms with Gasteiger partial charge in [0.15, 0.2) is 0 Å². The van der Waals surface area contributed by atoms with Crippen molar-refractivity contribution in [3.8, 4) is 11.3 Å². The number of amides is 3. The molecule has 6 nitrogen and oxygen atoms in total. The van der Waals surface area contributed by atoms with Gasteiger partial charge >= 0.3 is 6.03 Å². The van der Waals surface area contributed by atoms with Crippen LogP contribution in [-0.4, -0.2) is 52.9 Å². The summed E-state index contributed by atoms with van der Waals surface area (Å²) in [6.07, 6.45) is 3.41. The molecule has 0 unspecified atom stereocenters. The van der Waals surface area contributed by atoms with Gasteiger partial charge in [-0.1, -0.05) is 14.4 Å². The fourth-order valence-electron chi connectivity index (χ4n) is 3.44. The lowest BCUT2D eigenvalue weighted by molar-refractivity contribution is -0.132. The van der Waals surface area contributed by atoms with Crippen LogP contribution in [0.25, 0.3) is 11.3 Å². The molecule has 0 bridgehead atoms. The Morgan fingerprint density at radius 1 is 1.17 bits per heavy atom. The molecule has 1 N–H and O–H groups in total. The number of anilines is 1. The highest BCUT2D eigenvalue weighted by Crippen LogP contribution is 2.22. The van der Waals surface area contributed by atoms with Crippen molar-refractivity contribution in [3.63, 3.8) is 0 Å². The number of benzene rings is 1. The van der Waals surface area contributed by atoms with E-state index >= 15 is 0 Å². The topological polar surface area (TPSA) is 65.5 Å². The van der Waals surface area contributed by atoms with Crippen LogP contribution in [0.2, 0.25) is 0 Å². The Hall–Kier alpha value is -3.03. The first-order valence-corrected chi connectivity index (χ1v) is 9.61. The average molecular weight is 418 g/mol. The zero-order valence-electron chi connectivity index (χ0n) is 16.5. The van der Waals surface area contributed by atoms with Crippen LogP contribution in [0.5, 0.6) is 0 Å². The van der Waals surface area contributed by atoms with Gasteiger partial charge < -0.3 is 15.1 Å². The standard InChI is InChI=1S/C21H24F2N4O2.CH4/c1-3-20(28)27-8-6-18(7-9-27)26(2)21(29)25-17-4-5-19(24-13-17)14-10-15(22)12-16(23)11-14;/h4-5,10-13,18H,3,6-9H2,1-2H3,(H,25,29);1H4. The molecular weight excluding hydrogens is 390 g/mol. The second-order valence-corrected chi connectivity index (χ2v) is 7.10. The molecular formula is C22H28F2N4O2. The van der Waals surface area contributed by atoms with E-state index in [4.69, 9.17) is 0 Å². The van der Waals surface area contributed by atoms with Crippen LogP contribution < -0.4 is 5.32 Å². The number of carbonyl (C=O) groups excluding carboxylic acids is 2. The summed E-state index contributed by atoms with van der Waals surface area (Å²) < 4.78 is 26.7. The number of nitrogens with one attached hydrogen (secondary N) is 1. The number of aromatic nitrogens is 1. The molecule has 162 valence electrons. The molecule has 0 aliphatic carbocycles. The molecule has 1 aliphatic rings. The van der Waals surface area contributed by atoms with E-state index in [0.29, 0.717) is 36.5 Å². The second-order valence-electron chi connectivity index (χ2n) is 7.10. The number of hydrogen-bond donors (Lipinski definition) is 1. The number of halogens is 2. The zero-order chi connectivity index (χ0) is 21.0. The number of rotatable bonds is 4. The summed E-state index contributed by atoms with van der Waals surface area (Å²) in [5.41, 5.74) is 1.22. The van der Waals surface area contributed by atoms with Crippen LogP contribution in [-0.2, 0) is 4.79 Å². The van der Waals surface area contributed by atoms with Crippen molar-refractivity contribution < 1.29 is 18.4 Å². The normalized spacial score (nSPS) is 14.1. The zero-order valence-corrected chi connectivity index (χ0v) is 16.5. The molecule has 8 heteroatoms. The predicted molar refractivity (Wildman–Crippen MR) is 113 cm³/mol. The highest BCUT2D eigenvalue weighted by Gasteiger charge is 2.27. The summed E-state index contributed by atoms with van der Waals surface area (Å²) >= 11 is 0. The first-order chi connectivity index (χ1) is 13.9. The van der Waals surface area contributed by atoms with E-state index in [1.54, 1.807) is 24.1 Å². The smallest absolute Gasteiger partial charge is 0.321 e. The van der Waals surface area contributed by atoms with Crippen LogP contribution in [0.15, 0.2) is 36.5 Å². The van der Waals surface area contributed by atoms with E-state index < -0.39 is 11.6 Å². The third kappa shape index (κ3) is 5.52. The predicted octanol–water partition coefficient (Wildman–Crippen LogP) is 4.53. The van der Waals surface area contributed by atoms with Crippen molar-refractivity contribution in [2.24, 2.45) is 0 Å². The lowest BCUT2D eigenvalue weighted by Gasteiger charge is -2.36. The molecule has 0 radical (unpaired) electrons. The SMILES string of the molecule is C.CCC(=O)N1CCC(N(C)C(=O)Nc2ccc(-c3cc(F)cc(F)c3)nc2)CC1. The Labute approximate surface area is 175 Å². The minimum absolute atomic E-state index is 0. The Kier molecular flexibility index (Phi) is 7.86. The van der Waals surface area contributed by atoms with Gasteiger partial charge in [0.2, 0.25) is 5.91 Å². The van der Waals surface area contributed by atoms with Crippen molar-refractivity contribution >= 4 is 17.6 Å². The highest BCUT2D eigenvalue weighted by molar-refractivity contribution is 5.89. The number of nitrogens with zero attached hydrogens (tertiary/aromatic N) is 3. The van der Waals surface area contributed by atoms with Crippen LogP contribution in [0.4, 0.5) is 19.3 Å². The van der Waals surface area contributed by atoms with E-state index in [2.05, 4.69) is 10.3 Å². The van der Waals surface area contributed by atoms with Gasteiger partial charge in [0.25, 0.3) is 0 Å². The largest absolute Gasteiger partial charge is 0.343 e. The van der Waals surface area contributed by atoms with Gasteiger partial charge in [-0.15, -0.1) is 0 Å². The van der Waals surface area contributed by atoms with Crippen molar-refractivity contribution in [1.82, 2.24) is 14.8 Å². The lowest BCUT2D eigenvalue weighted by atomic mass is 10.0. The lowest BCUT2D eigenvalue weighted by Crippen LogP contribution is -2.48. The number of urea groups is 1. The molecule has 0 atom stereocenters. The van der Waals surface area contributed by atoms with E-state index in [9.17, 15) is 18.4 Å². The van der Waals surface area contributed by atoms with E-state index in [1.807, 2.05) is 11.8 Å². The number of hydrogen-bond acceptors (Lipinski definition) is 3. The van der Waals surface area contributed by atoms with Gasteiger partial charge in [0, 0.05) is 44.2 Å². The van der Waals surface area contributed by atoms with Crippen molar-refractivity contribution in [2.75, 3.05) is 25.5 Å². The molecule has 2 aromatic rings. The van der Waals surface area contributed by atoms with Crippen molar-refractivity contribution in [2.45, 2.75) is 39.7 Å². The molecule has 0 spiro atoms. The van der Waals surface area contributed by atoms with Gasteiger partial charge in [-0.2, -0.15) is 0 Å². The minimum atomic E-state index is -0.674. The fourth-order valence-corrected chi connectivity index (χ4v) is 3.44. The molecule has 3 amide bonds. The molecule has 0 saturated carbocycles. The molecule has 3 rings (SSSR count). The van der Waals surface area contributed by atoms with E-state index in [1.165, 1.54) is 18.3 Å². The summed E-state index contributed by atoms with van der Waals surface area (Å²) in [6.45, 7) is 3.14. The molecule has 1 aliphatic heterocycles. The fraction of sp³-hybridized carbons (Fsp3) is 0.409. The van der Waals surface area contributed by atoms with Crippen LogP contribution in [0.3, 0.4) is 0 Å². The van der Waals surface area contributed by atoms with Crippen molar-refractivity contribution in [1.29, 1.82) is 0 Å². The average Bonchev–Trinajstić information content (AvgIpc) is 2.72. The van der Waals surface area contributed by atoms with Gasteiger partial charge in [-0.05, 0) is 37.1 Å². The van der Waals surface area contributed by atoms with Gasteiger partial charge in [0.05, 0.1) is 17.6 Å². The second kappa shape index (κ2) is 10.1. The maximum absolute atomic E-state index is 13.4. The molecule has 1 fully saturated rings. The molecule has 2 heterocycles.